The van der Waals surface area contributed by atoms with Crippen molar-refractivity contribution in [3.05, 3.63) is 52.8 Å². The second kappa shape index (κ2) is 7.05. The van der Waals surface area contributed by atoms with Crippen LogP contribution in [0.3, 0.4) is 0 Å². The number of benzene rings is 1. The second-order valence-electron chi connectivity index (χ2n) is 7.98. The molecule has 0 spiro atoms. The lowest BCUT2D eigenvalue weighted by molar-refractivity contribution is 0.0923. The smallest absolute Gasteiger partial charge is 0.271 e. The lowest BCUT2D eigenvalue weighted by atomic mass is 10.1. The molecule has 0 radical (unpaired) electrons. The fourth-order valence-electron chi connectivity index (χ4n) is 4.42. The van der Waals surface area contributed by atoms with E-state index >= 15 is 0 Å². The molecule has 2 saturated carbocycles. The molecule has 2 aliphatic carbocycles. The van der Waals surface area contributed by atoms with Crippen LogP contribution in [0.15, 0.2) is 30.3 Å². The zero-order chi connectivity index (χ0) is 20.0. The number of carbonyl (C=O) groups excluding carboxylic acids is 2. The van der Waals surface area contributed by atoms with Gasteiger partial charge in [-0.05, 0) is 44.1 Å². The van der Waals surface area contributed by atoms with Gasteiger partial charge in [0.25, 0.3) is 11.8 Å². The molecule has 0 aliphatic heterocycles. The third kappa shape index (κ3) is 3.30. The number of hydrogen-bond acceptors (Lipinski definition) is 4. The highest BCUT2D eigenvalue weighted by molar-refractivity contribution is 5.98. The highest BCUT2D eigenvalue weighted by Crippen LogP contribution is 2.52. The van der Waals surface area contributed by atoms with Crippen molar-refractivity contribution in [2.45, 2.75) is 44.9 Å². The number of amides is 2. The molecule has 1 aromatic carbocycles. The molecule has 3 N–H and O–H groups in total. The lowest BCUT2D eigenvalue weighted by Gasteiger charge is -2.17. The van der Waals surface area contributed by atoms with E-state index in [2.05, 4.69) is 21.8 Å². The van der Waals surface area contributed by atoms with Gasteiger partial charge in [0.1, 0.15) is 5.69 Å². The van der Waals surface area contributed by atoms with Gasteiger partial charge in [-0.2, -0.15) is 5.10 Å². The molecule has 1 heterocycles. The van der Waals surface area contributed by atoms with Crippen molar-refractivity contribution in [2.75, 3.05) is 7.05 Å². The molecule has 0 unspecified atom stereocenters. The molecule has 4 rings (SSSR count). The van der Waals surface area contributed by atoms with Crippen LogP contribution in [0.25, 0.3) is 0 Å². The molecule has 7 nitrogen and oxygen atoms in total. The largest absolute Gasteiger partial charge is 0.393 e. The van der Waals surface area contributed by atoms with Gasteiger partial charge in [-0.3, -0.25) is 14.3 Å². The fraction of sp³-hybridized carbons (Fsp3) is 0.476. The van der Waals surface area contributed by atoms with E-state index in [1.165, 1.54) is 0 Å². The summed E-state index contributed by atoms with van der Waals surface area (Å²) in [5, 5.41) is 19.8. The Labute approximate surface area is 164 Å². The fourth-order valence-corrected chi connectivity index (χ4v) is 4.42. The van der Waals surface area contributed by atoms with Gasteiger partial charge in [0.15, 0.2) is 5.69 Å². The van der Waals surface area contributed by atoms with Gasteiger partial charge in [0, 0.05) is 19.2 Å². The van der Waals surface area contributed by atoms with E-state index in [4.69, 9.17) is 0 Å². The Bertz CT molecular complexity index is 910. The average Bonchev–Trinajstić information content (AvgIpc) is 3.06. The Kier molecular flexibility index (Phi) is 4.71. The Morgan fingerprint density at radius 3 is 2.57 bits per heavy atom. The number of aliphatic hydroxyl groups is 1. The molecule has 1 aromatic heterocycles. The quantitative estimate of drug-likeness (QED) is 0.733. The van der Waals surface area contributed by atoms with Crippen LogP contribution in [0, 0.1) is 18.8 Å². The molecule has 0 bridgehead atoms. The van der Waals surface area contributed by atoms with Crippen LogP contribution in [0.4, 0.5) is 0 Å². The maximum atomic E-state index is 13.0. The van der Waals surface area contributed by atoms with Crippen molar-refractivity contribution in [1.82, 2.24) is 20.4 Å². The van der Waals surface area contributed by atoms with Gasteiger partial charge in [-0.15, -0.1) is 0 Å². The monoisotopic (exact) mass is 382 g/mol. The number of nitrogens with zero attached hydrogens (tertiary/aromatic N) is 2. The number of hydrogen-bond donors (Lipinski definition) is 3. The summed E-state index contributed by atoms with van der Waals surface area (Å²) in [7, 11) is 1.54. The summed E-state index contributed by atoms with van der Waals surface area (Å²) in [5.41, 5.74) is 2.74. The predicted molar refractivity (Wildman–Crippen MR) is 104 cm³/mol. The Hall–Kier alpha value is -2.67. The topological polar surface area (TPSA) is 96.3 Å². The summed E-state index contributed by atoms with van der Waals surface area (Å²) >= 11 is 0. The summed E-state index contributed by atoms with van der Waals surface area (Å²) in [6.45, 7) is 3.98. The van der Waals surface area contributed by atoms with Gasteiger partial charge >= 0.3 is 0 Å². The molecule has 148 valence electrons. The predicted octanol–water partition coefficient (Wildman–Crippen LogP) is 1.66. The minimum Gasteiger partial charge on any atom is -0.393 e. The third-order valence-electron chi connectivity index (χ3n) is 6.04. The Morgan fingerprint density at radius 1 is 1.21 bits per heavy atom. The van der Waals surface area contributed by atoms with Gasteiger partial charge in [0.05, 0.1) is 12.1 Å². The average molecular weight is 382 g/mol. The minimum absolute atomic E-state index is 0.108. The third-order valence-corrected chi connectivity index (χ3v) is 6.04. The van der Waals surface area contributed by atoms with E-state index < -0.39 is 0 Å². The number of rotatable bonds is 5. The van der Waals surface area contributed by atoms with E-state index in [1.807, 2.05) is 32.0 Å². The number of nitrogens with one attached hydrogen (secondary N) is 2. The number of carbonyl (C=O) groups is 2. The number of aliphatic hydroxyl groups excluding tert-OH is 1. The molecular formula is C21H26N4O3. The van der Waals surface area contributed by atoms with E-state index in [-0.39, 0.29) is 35.7 Å². The highest BCUT2D eigenvalue weighted by Gasteiger charge is 2.56. The van der Waals surface area contributed by atoms with E-state index in [9.17, 15) is 14.7 Å². The molecule has 28 heavy (non-hydrogen) atoms. The molecular weight excluding hydrogens is 356 g/mol. The summed E-state index contributed by atoms with van der Waals surface area (Å²) in [6.07, 6.45) is 1.26. The maximum absolute atomic E-state index is 13.0. The van der Waals surface area contributed by atoms with Crippen LogP contribution in [0.2, 0.25) is 0 Å². The Balaban J connectivity index is 1.61. The van der Waals surface area contributed by atoms with Crippen LogP contribution in [0.5, 0.6) is 0 Å². The first-order chi connectivity index (χ1) is 13.4. The number of aromatic nitrogens is 2. The first-order valence-electron chi connectivity index (χ1n) is 9.76. The zero-order valence-electron chi connectivity index (χ0n) is 16.3. The second-order valence-corrected chi connectivity index (χ2v) is 7.98. The first-order valence-corrected chi connectivity index (χ1v) is 9.76. The zero-order valence-corrected chi connectivity index (χ0v) is 16.3. The summed E-state index contributed by atoms with van der Waals surface area (Å²) in [5.74, 6) is 0.178. The van der Waals surface area contributed by atoms with E-state index in [0.717, 1.165) is 24.0 Å². The van der Waals surface area contributed by atoms with Crippen molar-refractivity contribution in [1.29, 1.82) is 0 Å². The summed E-state index contributed by atoms with van der Waals surface area (Å²) in [4.78, 5) is 25.1. The standard InChI is InChI=1S/C21H26N4O3/c1-11-5-4-6-13(7-11)12(2)25-18(10-17(24-25)20(27)22-3)21(28)23-19-15-8-14(26)9-16(15)19/h4-7,10,12,14-16,19,26H,8-9H2,1-3H3,(H,22,27)(H,23,28)/t12-,14-,15+,16-,19-/m0/s1. The minimum atomic E-state index is -0.323. The molecule has 2 aromatic rings. The van der Waals surface area contributed by atoms with Crippen molar-refractivity contribution >= 4 is 11.8 Å². The molecule has 2 fully saturated rings. The van der Waals surface area contributed by atoms with Crippen LogP contribution in [-0.4, -0.2) is 45.9 Å². The highest BCUT2D eigenvalue weighted by atomic mass is 16.3. The molecule has 2 aliphatic rings. The lowest BCUT2D eigenvalue weighted by Crippen LogP contribution is -2.32. The van der Waals surface area contributed by atoms with Gasteiger partial charge < -0.3 is 15.7 Å². The van der Waals surface area contributed by atoms with Crippen molar-refractivity contribution in [2.24, 2.45) is 11.8 Å². The molecule has 0 saturated heterocycles. The van der Waals surface area contributed by atoms with Crippen molar-refractivity contribution in [3.63, 3.8) is 0 Å². The summed E-state index contributed by atoms with van der Waals surface area (Å²) in [6, 6.07) is 9.50. The van der Waals surface area contributed by atoms with Crippen LogP contribution in [-0.2, 0) is 0 Å². The maximum Gasteiger partial charge on any atom is 0.271 e. The Morgan fingerprint density at radius 2 is 1.93 bits per heavy atom. The first kappa shape index (κ1) is 18.7. The number of aryl methyl sites for hydroxylation is 1. The van der Waals surface area contributed by atoms with Crippen LogP contribution in [0.1, 0.15) is 57.9 Å². The van der Waals surface area contributed by atoms with Gasteiger partial charge in [-0.1, -0.05) is 29.8 Å². The molecule has 5 atom stereocenters. The van der Waals surface area contributed by atoms with Crippen molar-refractivity contribution < 1.29 is 14.7 Å². The summed E-state index contributed by atoms with van der Waals surface area (Å²) < 4.78 is 1.63. The normalized spacial score (nSPS) is 26.4. The van der Waals surface area contributed by atoms with Gasteiger partial charge in [0.2, 0.25) is 0 Å². The van der Waals surface area contributed by atoms with Crippen LogP contribution >= 0.6 is 0 Å². The van der Waals surface area contributed by atoms with Gasteiger partial charge in [-0.25, -0.2) is 0 Å². The van der Waals surface area contributed by atoms with E-state index in [0.29, 0.717) is 17.5 Å². The van der Waals surface area contributed by atoms with E-state index in [1.54, 1.807) is 17.8 Å². The van der Waals surface area contributed by atoms with Crippen LogP contribution < -0.4 is 10.6 Å². The molecule has 2 amide bonds. The molecule has 7 heteroatoms. The SMILES string of the molecule is CNC(=O)c1cc(C(=O)N[C@H]2[C@@H]3C[C@H](O)C[C@@H]32)n([C@@H](C)c2cccc(C)c2)n1. The van der Waals surface area contributed by atoms with Crippen molar-refractivity contribution in [3.8, 4) is 0 Å². The number of fused-ring (bicyclic) bond motifs is 1.